The first-order valence-electron chi connectivity index (χ1n) is 15.5. The van der Waals surface area contributed by atoms with E-state index >= 15 is 0 Å². The zero-order valence-electron chi connectivity index (χ0n) is 27.4. The molecule has 0 radical (unpaired) electrons. The minimum Gasteiger partial charge on any atom is -0.458 e. The van der Waals surface area contributed by atoms with Gasteiger partial charge in [0.15, 0.2) is 0 Å². The van der Waals surface area contributed by atoms with Crippen LogP contribution in [0.3, 0.4) is 0 Å². The number of azide groups is 2. The summed E-state index contributed by atoms with van der Waals surface area (Å²) >= 11 is 0. The second-order valence-electron chi connectivity index (χ2n) is 10.8. The van der Waals surface area contributed by atoms with Gasteiger partial charge in [-0.2, -0.15) is 0 Å². The number of nitrogens with one attached hydrogen (secondary N) is 3. The molecule has 0 spiro atoms. The highest BCUT2D eigenvalue weighted by atomic mass is 16.6. The van der Waals surface area contributed by atoms with E-state index in [-0.39, 0.29) is 63.3 Å². The lowest BCUT2D eigenvalue weighted by Gasteiger charge is -2.24. The minimum atomic E-state index is -0.834. The highest BCUT2D eigenvalue weighted by Gasteiger charge is 2.26. The summed E-state index contributed by atoms with van der Waals surface area (Å²) in [5.41, 5.74) is 15.6. The molecule has 0 aromatic rings. The van der Waals surface area contributed by atoms with Crippen LogP contribution in [0.5, 0.6) is 0 Å². The topological polar surface area (TPSA) is 248 Å². The Bertz CT molecular complexity index is 967. The molecule has 18 nitrogen and oxygen atoms in total. The van der Waals surface area contributed by atoms with Crippen LogP contribution in [0.25, 0.3) is 20.9 Å². The second-order valence-corrected chi connectivity index (χ2v) is 10.8. The van der Waals surface area contributed by atoms with E-state index in [2.05, 4.69) is 36.0 Å². The Labute approximate surface area is 270 Å². The molecule has 0 saturated heterocycles. The number of amides is 3. The van der Waals surface area contributed by atoms with Gasteiger partial charge in [0.2, 0.25) is 17.7 Å². The molecule has 0 aromatic heterocycles. The molecule has 0 bridgehead atoms. The van der Waals surface area contributed by atoms with E-state index in [1.807, 2.05) is 0 Å². The molecule has 1 atom stereocenters. The summed E-state index contributed by atoms with van der Waals surface area (Å²) in [5.74, 6) is -1.23. The fourth-order valence-corrected chi connectivity index (χ4v) is 3.52. The molecule has 46 heavy (non-hydrogen) atoms. The van der Waals surface area contributed by atoms with Crippen molar-refractivity contribution in [1.29, 1.82) is 0 Å². The van der Waals surface area contributed by atoms with Crippen LogP contribution >= 0.6 is 0 Å². The highest BCUT2D eigenvalue weighted by Crippen LogP contribution is 2.12. The van der Waals surface area contributed by atoms with Gasteiger partial charge < -0.3 is 39.6 Å². The predicted molar refractivity (Wildman–Crippen MR) is 167 cm³/mol. The van der Waals surface area contributed by atoms with Crippen molar-refractivity contribution in [3.8, 4) is 0 Å². The summed E-state index contributed by atoms with van der Waals surface area (Å²) < 4.78 is 26.5. The average Bonchev–Trinajstić information content (AvgIpc) is 3.00. The Morgan fingerprint density at radius 1 is 0.652 bits per heavy atom. The second kappa shape index (κ2) is 28.8. The van der Waals surface area contributed by atoms with Crippen molar-refractivity contribution in [3.05, 3.63) is 20.9 Å². The highest BCUT2D eigenvalue weighted by molar-refractivity contribution is 5.84. The van der Waals surface area contributed by atoms with Gasteiger partial charge in [-0.1, -0.05) is 10.2 Å². The zero-order valence-corrected chi connectivity index (χ0v) is 27.4. The Morgan fingerprint density at radius 2 is 1.13 bits per heavy atom. The van der Waals surface area contributed by atoms with Crippen molar-refractivity contribution in [2.75, 3.05) is 79.0 Å². The minimum absolute atomic E-state index is 0.114. The number of carbonyl (C=O) groups excluding carboxylic acids is 4. The molecule has 3 amide bonds. The van der Waals surface area contributed by atoms with Crippen LogP contribution < -0.4 is 16.0 Å². The summed E-state index contributed by atoms with van der Waals surface area (Å²) in [6.45, 7) is 8.85. The first kappa shape index (κ1) is 42.3. The van der Waals surface area contributed by atoms with Crippen molar-refractivity contribution in [2.24, 2.45) is 10.2 Å². The molecule has 0 fully saturated rings. The van der Waals surface area contributed by atoms with Crippen LogP contribution in [0.15, 0.2) is 10.2 Å². The quantitative estimate of drug-likeness (QED) is 0.0351. The number of unbranched alkanes of at least 4 members (excludes halogenated alkanes) is 1. The lowest BCUT2D eigenvalue weighted by Crippen LogP contribution is -2.44. The Balaban J connectivity index is 4.19. The third-order valence-corrected chi connectivity index (χ3v) is 5.66. The van der Waals surface area contributed by atoms with Crippen molar-refractivity contribution in [2.45, 2.75) is 77.4 Å². The predicted octanol–water partition coefficient (Wildman–Crippen LogP) is 2.46. The van der Waals surface area contributed by atoms with E-state index in [9.17, 15) is 19.2 Å². The monoisotopic (exact) mass is 657 g/mol. The molecule has 0 rings (SSSR count). The Kier molecular flexibility index (Phi) is 26.5. The summed E-state index contributed by atoms with van der Waals surface area (Å²) in [6, 6.07) is -0.834. The van der Waals surface area contributed by atoms with Crippen LogP contribution in [-0.4, -0.2) is 114 Å². The molecular weight excluding hydrogens is 606 g/mol. The van der Waals surface area contributed by atoms with E-state index in [4.69, 9.17) is 34.7 Å². The van der Waals surface area contributed by atoms with Crippen LogP contribution in [0.4, 0.5) is 0 Å². The summed E-state index contributed by atoms with van der Waals surface area (Å²) in [6.07, 6.45) is 2.37. The molecule has 0 aliphatic rings. The zero-order chi connectivity index (χ0) is 34.3. The summed E-state index contributed by atoms with van der Waals surface area (Å²) in [7, 11) is 0. The molecule has 0 heterocycles. The molecule has 18 heteroatoms. The molecule has 0 unspecified atom stereocenters. The van der Waals surface area contributed by atoms with Gasteiger partial charge in [-0.3, -0.25) is 14.4 Å². The summed E-state index contributed by atoms with van der Waals surface area (Å²) in [4.78, 5) is 54.5. The maximum Gasteiger partial charge on any atom is 0.329 e. The first-order chi connectivity index (χ1) is 22.1. The molecular formula is C28H51N9O9. The van der Waals surface area contributed by atoms with Crippen molar-refractivity contribution >= 4 is 23.7 Å². The van der Waals surface area contributed by atoms with E-state index in [1.165, 1.54) is 0 Å². The lowest BCUT2D eigenvalue weighted by atomic mass is 10.1. The molecule has 0 aliphatic heterocycles. The van der Waals surface area contributed by atoms with Crippen molar-refractivity contribution < 1.29 is 42.9 Å². The van der Waals surface area contributed by atoms with E-state index < -0.39 is 17.6 Å². The van der Waals surface area contributed by atoms with Gasteiger partial charge >= 0.3 is 5.97 Å². The fourth-order valence-electron chi connectivity index (χ4n) is 3.52. The lowest BCUT2D eigenvalue weighted by molar-refractivity contribution is -0.159. The van der Waals surface area contributed by atoms with E-state index in [0.29, 0.717) is 78.4 Å². The van der Waals surface area contributed by atoms with Gasteiger partial charge in [0.1, 0.15) is 11.6 Å². The normalized spacial score (nSPS) is 11.5. The SMILES string of the molecule is CC(C)(C)OC(=O)[C@H](CCCCNC(=O)CCOCCOCCN=[N+]=[N-])NC(=O)CCCNC(=O)CCOCCOCCN=[N+]=[N-]. The van der Waals surface area contributed by atoms with Crippen LogP contribution in [0, 0.1) is 0 Å². The van der Waals surface area contributed by atoms with E-state index in [1.54, 1.807) is 20.8 Å². The Morgan fingerprint density at radius 3 is 1.61 bits per heavy atom. The van der Waals surface area contributed by atoms with E-state index in [0.717, 1.165) is 0 Å². The maximum atomic E-state index is 12.7. The standard InChI is InChI=1S/C28H51N9O9/c1-28(2,3)46-27(41)23(7-4-5-11-31-24(38)9-15-42-19-21-44-17-13-33-36-29)35-26(40)8-6-12-32-25(39)10-16-43-20-22-45-18-14-34-37-30/h23H,4-22H2,1-3H3,(H,31,38)(H,32,39)(H,35,40)/t23-/m0/s1. The maximum absolute atomic E-state index is 12.7. The first-order valence-corrected chi connectivity index (χ1v) is 15.5. The third kappa shape index (κ3) is 29.1. The number of hydrogen-bond acceptors (Lipinski definition) is 11. The fraction of sp³-hybridized carbons (Fsp3) is 0.857. The van der Waals surface area contributed by atoms with Gasteiger partial charge in [-0.25, -0.2) is 4.79 Å². The average molecular weight is 658 g/mol. The Hall–Kier alpha value is -3.66. The molecule has 0 saturated carbocycles. The molecule has 262 valence electrons. The smallest absolute Gasteiger partial charge is 0.329 e. The van der Waals surface area contributed by atoms with Crippen LogP contribution in [0.1, 0.15) is 65.7 Å². The number of esters is 1. The third-order valence-electron chi connectivity index (χ3n) is 5.66. The van der Waals surface area contributed by atoms with Gasteiger partial charge in [-0.15, -0.1) is 0 Å². The number of hydrogen-bond donors (Lipinski definition) is 3. The summed E-state index contributed by atoms with van der Waals surface area (Å²) in [5, 5.41) is 15.0. The number of nitrogens with zero attached hydrogens (tertiary/aromatic N) is 6. The van der Waals surface area contributed by atoms with Gasteiger partial charge in [0, 0.05) is 55.3 Å². The molecule has 0 aliphatic carbocycles. The number of carbonyl (C=O) groups is 4. The van der Waals surface area contributed by atoms with Crippen molar-refractivity contribution in [3.63, 3.8) is 0 Å². The number of rotatable bonds is 29. The van der Waals surface area contributed by atoms with Gasteiger partial charge in [0.05, 0.1) is 52.9 Å². The van der Waals surface area contributed by atoms with Crippen LogP contribution in [-0.2, 0) is 42.9 Å². The van der Waals surface area contributed by atoms with Gasteiger partial charge in [-0.05, 0) is 57.5 Å². The largest absolute Gasteiger partial charge is 0.458 e. The van der Waals surface area contributed by atoms with Gasteiger partial charge in [0.25, 0.3) is 0 Å². The van der Waals surface area contributed by atoms with Crippen LogP contribution in [0.2, 0.25) is 0 Å². The van der Waals surface area contributed by atoms with Crippen molar-refractivity contribution in [1.82, 2.24) is 16.0 Å². The molecule has 3 N–H and O–H groups in total. The molecule has 0 aromatic carbocycles. The number of ether oxygens (including phenoxy) is 5.